The van der Waals surface area contributed by atoms with Gasteiger partial charge in [-0.1, -0.05) is 6.42 Å². The Morgan fingerprint density at radius 1 is 1.20 bits per heavy atom. The second kappa shape index (κ2) is 6.63. The molecule has 4 heterocycles. The molecule has 0 aliphatic carbocycles. The molecule has 2 atom stereocenters. The second-order valence-electron chi connectivity index (χ2n) is 6.96. The van der Waals surface area contributed by atoms with E-state index in [2.05, 4.69) is 34.8 Å². The van der Waals surface area contributed by atoms with Gasteiger partial charge >= 0.3 is 0 Å². The minimum atomic E-state index is 0.551. The van der Waals surface area contributed by atoms with E-state index in [9.17, 15) is 0 Å². The van der Waals surface area contributed by atoms with Crippen LogP contribution in [0, 0.1) is 6.92 Å². The van der Waals surface area contributed by atoms with E-state index in [-0.39, 0.29) is 0 Å². The molecule has 3 aromatic heterocycles. The highest BCUT2D eigenvalue weighted by Gasteiger charge is 2.25. The SMILES string of the molecule is Cc1csc(-c2nc(N)c3cc(CN4C(C)CCC[C@H]4C)sc3n2)n1. The Balaban J connectivity index is 1.67. The molecule has 25 heavy (non-hydrogen) atoms. The van der Waals surface area contributed by atoms with Crippen molar-refractivity contribution in [2.75, 3.05) is 5.73 Å². The first-order valence-corrected chi connectivity index (χ1v) is 10.4. The number of hydrogen-bond donors (Lipinski definition) is 1. The van der Waals surface area contributed by atoms with Gasteiger partial charge in [-0.25, -0.2) is 15.0 Å². The van der Waals surface area contributed by atoms with Crippen molar-refractivity contribution in [2.45, 2.75) is 58.7 Å². The van der Waals surface area contributed by atoms with Gasteiger partial charge in [0.1, 0.15) is 10.6 Å². The van der Waals surface area contributed by atoms with E-state index in [0.29, 0.717) is 23.7 Å². The first-order chi connectivity index (χ1) is 12.0. The zero-order valence-corrected chi connectivity index (χ0v) is 16.5. The van der Waals surface area contributed by atoms with Crippen LogP contribution in [0.15, 0.2) is 11.4 Å². The summed E-state index contributed by atoms with van der Waals surface area (Å²) in [6, 6.07) is 3.43. The zero-order chi connectivity index (χ0) is 17.6. The van der Waals surface area contributed by atoms with Crippen molar-refractivity contribution in [3.63, 3.8) is 0 Å². The van der Waals surface area contributed by atoms with Crippen LogP contribution in [0.3, 0.4) is 0 Å². The number of nitrogens with zero attached hydrogens (tertiary/aromatic N) is 4. The topological polar surface area (TPSA) is 67.9 Å². The van der Waals surface area contributed by atoms with Gasteiger partial charge in [-0.05, 0) is 39.7 Å². The number of likely N-dealkylation sites (tertiary alicyclic amines) is 1. The van der Waals surface area contributed by atoms with Crippen molar-refractivity contribution in [1.82, 2.24) is 19.9 Å². The molecule has 0 bridgehead atoms. The molecule has 1 aliphatic heterocycles. The van der Waals surface area contributed by atoms with Gasteiger partial charge in [-0.3, -0.25) is 4.90 Å². The lowest BCUT2D eigenvalue weighted by atomic mass is 9.97. The maximum absolute atomic E-state index is 6.22. The third-order valence-corrected chi connectivity index (χ3v) is 6.97. The van der Waals surface area contributed by atoms with E-state index in [4.69, 9.17) is 10.7 Å². The molecule has 0 radical (unpaired) electrons. The second-order valence-corrected chi connectivity index (χ2v) is 8.93. The van der Waals surface area contributed by atoms with Crippen LogP contribution in [0.2, 0.25) is 0 Å². The number of thiazole rings is 1. The van der Waals surface area contributed by atoms with Gasteiger partial charge in [-0.15, -0.1) is 22.7 Å². The summed E-state index contributed by atoms with van der Waals surface area (Å²) in [6.45, 7) is 7.61. The van der Waals surface area contributed by atoms with E-state index < -0.39 is 0 Å². The van der Waals surface area contributed by atoms with Gasteiger partial charge < -0.3 is 5.73 Å². The average Bonchev–Trinajstić information content (AvgIpc) is 3.17. The number of piperidine rings is 1. The minimum Gasteiger partial charge on any atom is -0.383 e. The fourth-order valence-electron chi connectivity index (χ4n) is 3.59. The molecular weight excluding hydrogens is 350 g/mol. The Morgan fingerprint density at radius 3 is 2.64 bits per heavy atom. The van der Waals surface area contributed by atoms with Crippen LogP contribution in [-0.4, -0.2) is 31.9 Å². The Kier molecular flexibility index (Phi) is 4.47. The van der Waals surface area contributed by atoms with Crippen LogP contribution in [0.5, 0.6) is 0 Å². The van der Waals surface area contributed by atoms with E-state index >= 15 is 0 Å². The molecule has 0 saturated carbocycles. The van der Waals surface area contributed by atoms with Crippen LogP contribution < -0.4 is 5.73 Å². The number of aryl methyl sites for hydroxylation is 1. The predicted molar refractivity (Wildman–Crippen MR) is 106 cm³/mol. The number of nitrogens with two attached hydrogens (primary N) is 1. The van der Waals surface area contributed by atoms with E-state index in [1.165, 1.54) is 24.1 Å². The molecule has 4 rings (SSSR count). The van der Waals surface area contributed by atoms with E-state index in [1.54, 1.807) is 22.7 Å². The number of hydrogen-bond acceptors (Lipinski definition) is 7. The third kappa shape index (κ3) is 3.28. The normalized spacial score (nSPS) is 21.9. The number of thiophene rings is 1. The molecule has 2 N–H and O–H groups in total. The molecule has 1 saturated heterocycles. The quantitative estimate of drug-likeness (QED) is 0.734. The number of fused-ring (bicyclic) bond motifs is 1. The van der Waals surface area contributed by atoms with E-state index in [1.807, 2.05) is 12.3 Å². The molecule has 0 amide bonds. The van der Waals surface area contributed by atoms with Crippen LogP contribution in [-0.2, 0) is 6.54 Å². The highest BCUT2D eigenvalue weighted by molar-refractivity contribution is 7.18. The fraction of sp³-hybridized carbons (Fsp3) is 0.500. The van der Waals surface area contributed by atoms with Crippen molar-refractivity contribution in [1.29, 1.82) is 0 Å². The van der Waals surface area contributed by atoms with Crippen molar-refractivity contribution >= 4 is 38.7 Å². The van der Waals surface area contributed by atoms with E-state index in [0.717, 1.165) is 27.5 Å². The van der Waals surface area contributed by atoms with Gasteiger partial charge in [0, 0.05) is 34.6 Å². The number of rotatable bonds is 3. The maximum atomic E-state index is 6.22. The lowest BCUT2D eigenvalue weighted by Crippen LogP contribution is -2.42. The van der Waals surface area contributed by atoms with Crippen molar-refractivity contribution < 1.29 is 0 Å². The molecule has 1 aliphatic rings. The molecule has 1 unspecified atom stereocenters. The first kappa shape index (κ1) is 16.9. The van der Waals surface area contributed by atoms with Crippen LogP contribution >= 0.6 is 22.7 Å². The largest absolute Gasteiger partial charge is 0.383 e. The Labute approximate surface area is 155 Å². The molecule has 3 aromatic rings. The van der Waals surface area contributed by atoms with Gasteiger partial charge in [0.25, 0.3) is 0 Å². The summed E-state index contributed by atoms with van der Waals surface area (Å²) in [6.07, 6.45) is 3.90. The van der Waals surface area contributed by atoms with Gasteiger partial charge in [0.15, 0.2) is 10.8 Å². The zero-order valence-electron chi connectivity index (χ0n) is 14.8. The van der Waals surface area contributed by atoms with Crippen LogP contribution in [0.4, 0.5) is 5.82 Å². The summed E-state index contributed by atoms with van der Waals surface area (Å²) in [5.41, 5.74) is 7.21. The smallest absolute Gasteiger partial charge is 0.192 e. The Hall–Kier alpha value is -1.57. The molecule has 5 nitrogen and oxygen atoms in total. The van der Waals surface area contributed by atoms with Crippen LogP contribution in [0.25, 0.3) is 21.0 Å². The lowest BCUT2D eigenvalue weighted by Gasteiger charge is -2.38. The average molecular weight is 374 g/mol. The van der Waals surface area contributed by atoms with Gasteiger partial charge in [0.05, 0.1) is 5.39 Å². The van der Waals surface area contributed by atoms with Crippen molar-refractivity contribution in [3.05, 3.63) is 22.0 Å². The summed E-state index contributed by atoms with van der Waals surface area (Å²) in [4.78, 5) is 18.6. The van der Waals surface area contributed by atoms with Gasteiger partial charge in [-0.2, -0.15) is 0 Å². The molecule has 7 heteroatoms. The highest BCUT2D eigenvalue weighted by Crippen LogP contribution is 2.33. The van der Waals surface area contributed by atoms with Crippen molar-refractivity contribution in [3.8, 4) is 10.8 Å². The standard InChI is InChI=1S/C18H23N5S2/c1-10-9-24-18(20-10)16-21-15(19)14-7-13(25-17(14)22-16)8-23-11(2)5-4-6-12(23)3/h7,9,11-12H,4-6,8H2,1-3H3,(H2,19,21,22)/t11-,12?/m1/s1. The molecule has 0 aromatic carbocycles. The number of aromatic nitrogens is 3. The molecule has 0 spiro atoms. The van der Waals surface area contributed by atoms with Crippen molar-refractivity contribution in [2.24, 2.45) is 0 Å². The fourth-order valence-corrected chi connectivity index (χ4v) is 5.36. The molecular formula is C18H23N5S2. The Bertz CT molecular complexity index is 890. The summed E-state index contributed by atoms with van der Waals surface area (Å²) in [5, 5.41) is 3.81. The minimum absolute atomic E-state index is 0.551. The number of nitrogen functional groups attached to an aromatic ring is 1. The first-order valence-electron chi connectivity index (χ1n) is 8.75. The summed E-state index contributed by atoms with van der Waals surface area (Å²) in [5.74, 6) is 1.19. The predicted octanol–water partition coefficient (Wildman–Crippen LogP) is 4.47. The molecule has 1 fully saturated rings. The maximum Gasteiger partial charge on any atom is 0.192 e. The summed E-state index contributed by atoms with van der Waals surface area (Å²) in [7, 11) is 0. The third-order valence-electron chi connectivity index (χ3n) is 5.00. The van der Waals surface area contributed by atoms with Crippen LogP contribution in [0.1, 0.15) is 43.7 Å². The summed E-state index contributed by atoms with van der Waals surface area (Å²) < 4.78 is 0. The summed E-state index contributed by atoms with van der Waals surface area (Å²) >= 11 is 3.29. The Morgan fingerprint density at radius 2 is 1.96 bits per heavy atom. The van der Waals surface area contributed by atoms with Gasteiger partial charge in [0.2, 0.25) is 0 Å². The monoisotopic (exact) mass is 373 g/mol. The highest BCUT2D eigenvalue weighted by atomic mass is 32.1. The lowest BCUT2D eigenvalue weighted by molar-refractivity contribution is 0.0965. The molecule has 132 valence electrons. The number of anilines is 1.